The Bertz CT molecular complexity index is 397. The van der Waals surface area contributed by atoms with Crippen LogP contribution in [0.5, 0.6) is 0 Å². The van der Waals surface area contributed by atoms with Crippen LogP contribution in [0, 0.1) is 11.8 Å². The van der Waals surface area contributed by atoms with Crippen molar-refractivity contribution >= 4 is 11.6 Å². The van der Waals surface area contributed by atoms with E-state index in [4.69, 9.17) is 17.3 Å². The van der Waals surface area contributed by atoms with E-state index >= 15 is 0 Å². The minimum atomic E-state index is 0.339. The van der Waals surface area contributed by atoms with Crippen LogP contribution in [-0.2, 0) is 0 Å². The molecule has 19 heavy (non-hydrogen) atoms. The van der Waals surface area contributed by atoms with Crippen LogP contribution >= 0.6 is 11.6 Å². The highest BCUT2D eigenvalue weighted by atomic mass is 35.5. The molecule has 0 amide bonds. The van der Waals surface area contributed by atoms with Gasteiger partial charge in [-0.15, -0.1) is 0 Å². The highest BCUT2D eigenvalue weighted by Crippen LogP contribution is 2.27. The second-order valence-electron chi connectivity index (χ2n) is 6.12. The van der Waals surface area contributed by atoms with Crippen molar-refractivity contribution in [1.82, 2.24) is 4.90 Å². The molecule has 106 valence electrons. The van der Waals surface area contributed by atoms with E-state index in [9.17, 15) is 0 Å². The van der Waals surface area contributed by atoms with Crippen LogP contribution in [0.2, 0.25) is 5.02 Å². The number of benzene rings is 1. The van der Waals surface area contributed by atoms with E-state index in [1.165, 1.54) is 25.1 Å². The molecule has 1 aromatic carbocycles. The summed E-state index contributed by atoms with van der Waals surface area (Å²) in [6.07, 6.45) is 1.34. The number of hydrogen-bond donors (Lipinski definition) is 1. The largest absolute Gasteiger partial charge is 0.330 e. The number of halogens is 1. The average Bonchev–Trinajstić information content (AvgIpc) is 2.36. The molecule has 3 unspecified atom stereocenters. The topological polar surface area (TPSA) is 29.3 Å². The van der Waals surface area contributed by atoms with Crippen LogP contribution in [0.15, 0.2) is 24.3 Å². The van der Waals surface area contributed by atoms with Crippen LogP contribution in [0.4, 0.5) is 0 Å². The van der Waals surface area contributed by atoms with Gasteiger partial charge >= 0.3 is 0 Å². The summed E-state index contributed by atoms with van der Waals surface area (Å²) in [6, 6.07) is 8.09. The zero-order valence-electron chi connectivity index (χ0n) is 12.0. The molecular weight excluding hydrogens is 256 g/mol. The Labute approximate surface area is 121 Å². The summed E-state index contributed by atoms with van der Waals surface area (Å²) in [5, 5.41) is 0.844. The molecule has 1 fully saturated rings. The van der Waals surface area contributed by atoms with E-state index in [-0.39, 0.29) is 0 Å². The molecule has 0 bridgehead atoms. The molecule has 1 heterocycles. The van der Waals surface area contributed by atoms with E-state index in [0.717, 1.165) is 23.4 Å². The molecule has 1 aromatic rings. The molecule has 2 rings (SSSR count). The fraction of sp³-hybridized carbons (Fsp3) is 0.625. The Morgan fingerprint density at radius 1 is 1.26 bits per heavy atom. The molecule has 0 saturated carbocycles. The molecule has 2 nitrogen and oxygen atoms in total. The molecule has 0 aliphatic carbocycles. The highest BCUT2D eigenvalue weighted by molar-refractivity contribution is 6.31. The fourth-order valence-electron chi connectivity index (χ4n) is 3.36. The molecule has 1 saturated heterocycles. The van der Waals surface area contributed by atoms with E-state index in [1.54, 1.807) is 0 Å². The number of nitrogens with zero attached hydrogens (tertiary/aromatic N) is 1. The summed E-state index contributed by atoms with van der Waals surface area (Å²) in [5.41, 5.74) is 7.17. The second kappa shape index (κ2) is 6.74. The quantitative estimate of drug-likeness (QED) is 0.916. The van der Waals surface area contributed by atoms with Crippen LogP contribution in [-0.4, -0.2) is 31.1 Å². The maximum absolute atomic E-state index is 6.30. The Morgan fingerprint density at radius 2 is 1.89 bits per heavy atom. The number of rotatable bonds is 4. The summed E-state index contributed by atoms with van der Waals surface area (Å²) in [7, 11) is 0. The molecular formula is C16H25ClN2. The van der Waals surface area contributed by atoms with Crippen molar-refractivity contribution < 1.29 is 0 Å². The lowest BCUT2D eigenvalue weighted by molar-refractivity contribution is 0.134. The molecule has 0 radical (unpaired) electrons. The van der Waals surface area contributed by atoms with E-state index in [2.05, 4.69) is 24.8 Å². The SMILES string of the molecule is CC1CC(C)CN(CC(CN)c2ccccc2Cl)C1. The Hall–Kier alpha value is -0.570. The third-order valence-corrected chi connectivity index (χ3v) is 4.40. The molecule has 0 spiro atoms. The number of nitrogens with two attached hydrogens (primary N) is 1. The highest BCUT2D eigenvalue weighted by Gasteiger charge is 2.24. The van der Waals surface area contributed by atoms with Gasteiger partial charge in [0.05, 0.1) is 0 Å². The van der Waals surface area contributed by atoms with Gasteiger partial charge in [-0.05, 0) is 29.9 Å². The molecule has 0 aromatic heterocycles. The summed E-state index contributed by atoms with van der Waals surface area (Å²) >= 11 is 6.30. The van der Waals surface area contributed by atoms with Gasteiger partial charge in [-0.3, -0.25) is 0 Å². The van der Waals surface area contributed by atoms with E-state index in [1.807, 2.05) is 18.2 Å². The van der Waals surface area contributed by atoms with Crippen molar-refractivity contribution in [2.24, 2.45) is 17.6 Å². The van der Waals surface area contributed by atoms with Crippen molar-refractivity contribution in [3.05, 3.63) is 34.9 Å². The zero-order valence-corrected chi connectivity index (χ0v) is 12.7. The van der Waals surface area contributed by atoms with Crippen LogP contribution in [0.1, 0.15) is 31.7 Å². The standard InChI is InChI=1S/C16H25ClN2/c1-12-7-13(2)10-19(9-12)11-14(8-18)15-5-3-4-6-16(15)17/h3-6,12-14H,7-11,18H2,1-2H3. The minimum Gasteiger partial charge on any atom is -0.330 e. The summed E-state index contributed by atoms with van der Waals surface area (Å²) in [4.78, 5) is 2.56. The Balaban J connectivity index is 2.05. The van der Waals surface area contributed by atoms with Crippen LogP contribution in [0.3, 0.4) is 0 Å². The minimum absolute atomic E-state index is 0.339. The smallest absolute Gasteiger partial charge is 0.0441 e. The van der Waals surface area contributed by atoms with Gasteiger partial charge in [0.1, 0.15) is 0 Å². The Morgan fingerprint density at radius 3 is 2.47 bits per heavy atom. The molecule has 1 aliphatic heterocycles. The first-order chi connectivity index (χ1) is 9.10. The fourth-order valence-corrected chi connectivity index (χ4v) is 3.65. The maximum Gasteiger partial charge on any atom is 0.0441 e. The second-order valence-corrected chi connectivity index (χ2v) is 6.53. The van der Waals surface area contributed by atoms with Gasteiger partial charge in [0, 0.05) is 37.1 Å². The van der Waals surface area contributed by atoms with Gasteiger partial charge in [-0.2, -0.15) is 0 Å². The van der Waals surface area contributed by atoms with Crippen LogP contribution in [0.25, 0.3) is 0 Å². The molecule has 2 N–H and O–H groups in total. The predicted molar refractivity (Wildman–Crippen MR) is 82.6 cm³/mol. The first kappa shape index (κ1) is 14.8. The van der Waals surface area contributed by atoms with Gasteiger partial charge < -0.3 is 10.6 Å². The molecule has 1 aliphatic rings. The third kappa shape index (κ3) is 3.95. The van der Waals surface area contributed by atoms with Gasteiger partial charge in [-0.1, -0.05) is 43.6 Å². The lowest BCUT2D eigenvalue weighted by Gasteiger charge is -2.37. The number of likely N-dealkylation sites (tertiary alicyclic amines) is 1. The number of hydrogen-bond acceptors (Lipinski definition) is 2. The van der Waals surface area contributed by atoms with E-state index < -0.39 is 0 Å². The third-order valence-electron chi connectivity index (χ3n) is 4.05. The van der Waals surface area contributed by atoms with Crippen molar-refractivity contribution in [1.29, 1.82) is 0 Å². The predicted octanol–water partition coefficient (Wildman–Crippen LogP) is 3.36. The van der Waals surface area contributed by atoms with Crippen LogP contribution < -0.4 is 5.73 Å². The van der Waals surface area contributed by atoms with Crippen molar-refractivity contribution in [2.75, 3.05) is 26.2 Å². The first-order valence-corrected chi connectivity index (χ1v) is 7.64. The zero-order chi connectivity index (χ0) is 13.8. The molecule has 3 atom stereocenters. The van der Waals surface area contributed by atoms with Gasteiger partial charge in [-0.25, -0.2) is 0 Å². The lowest BCUT2D eigenvalue weighted by Crippen LogP contribution is -2.42. The molecule has 3 heteroatoms. The lowest BCUT2D eigenvalue weighted by atomic mass is 9.90. The monoisotopic (exact) mass is 280 g/mol. The maximum atomic E-state index is 6.30. The number of piperidine rings is 1. The van der Waals surface area contributed by atoms with Gasteiger partial charge in [0.25, 0.3) is 0 Å². The van der Waals surface area contributed by atoms with Crippen molar-refractivity contribution in [3.8, 4) is 0 Å². The van der Waals surface area contributed by atoms with E-state index in [0.29, 0.717) is 12.5 Å². The van der Waals surface area contributed by atoms with Crippen molar-refractivity contribution in [3.63, 3.8) is 0 Å². The van der Waals surface area contributed by atoms with Gasteiger partial charge in [0.2, 0.25) is 0 Å². The first-order valence-electron chi connectivity index (χ1n) is 7.27. The summed E-state index contributed by atoms with van der Waals surface area (Å²) < 4.78 is 0. The average molecular weight is 281 g/mol. The van der Waals surface area contributed by atoms with Crippen molar-refractivity contribution in [2.45, 2.75) is 26.2 Å². The normalized spacial score (nSPS) is 26.3. The Kier molecular flexibility index (Phi) is 5.26. The summed E-state index contributed by atoms with van der Waals surface area (Å²) in [5.74, 6) is 1.91. The van der Waals surface area contributed by atoms with Gasteiger partial charge in [0.15, 0.2) is 0 Å². The summed E-state index contributed by atoms with van der Waals surface area (Å²) in [6.45, 7) is 8.74.